The van der Waals surface area contributed by atoms with Crippen molar-refractivity contribution in [2.75, 3.05) is 26.7 Å². The minimum absolute atomic E-state index is 0.0986. The number of hydrogen-bond acceptors (Lipinski definition) is 5. The zero-order chi connectivity index (χ0) is 12.3. The maximum atomic E-state index is 11.6. The van der Waals surface area contributed by atoms with Crippen LogP contribution in [0.5, 0.6) is 0 Å². The molecule has 1 aliphatic rings. The highest BCUT2D eigenvalue weighted by atomic mass is 16.2. The summed E-state index contributed by atoms with van der Waals surface area (Å²) in [5, 5.41) is 15.8. The molecule has 2 heterocycles. The van der Waals surface area contributed by atoms with Crippen LogP contribution in [0.2, 0.25) is 0 Å². The fourth-order valence-electron chi connectivity index (χ4n) is 1.97. The molecule has 1 fully saturated rings. The van der Waals surface area contributed by atoms with E-state index in [-0.39, 0.29) is 17.1 Å². The number of tetrazole rings is 1. The van der Waals surface area contributed by atoms with Crippen molar-refractivity contribution >= 4 is 5.91 Å². The Hall–Kier alpha value is -1.50. The van der Waals surface area contributed by atoms with Gasteiger partial charge in [-0.25, -0.2) is 0 Å². The van der Waals surface area contributed by atoms with E-state index in [0.29, 0.717) is 6.54 Å². The van der Waals surface area contributed by atoms with Gasteiger partial charge in [0.15, 0.2) is 0 Å². The van der Waals surface area contributed by atoms with Crippen LogP contribution in [0, 0.1) is 5.41 Å². The second-order valence-corrected chi connectivity index (χ2v) is 5.03. The largest absolute Gasteiger partial charge is 0.349 e. The van der Waals surface area contributed by atoms with Crippen LogP contribution in [-0.4, -0.2) is 58.1 Å². The number of aromatic nitrogens is 4. The third-order valence-corrected chi connectivity index (χ3v) is 3.42. The SMILES string of the molecule is CN1CCC(C)(CNC(=O)c2nn[nH]n2)CC1. The van der Waals surface area contributed by atoms with Gasteiger partial charge in [-0.15, -0.1) is 10.2 Å². The quantitative estimate of drug-likeness (QED) is 0.752. The van der Waals surface area contributed by atoms with Crippen molar-refractivity contribution in [1.82, 2.24) is 30.8 Å². The summed E-state index contributed by atoms with van der Waals surface area (Å²) in [4.78, 5) is 14.0. The number of H-pyrrole nitrogens is 1. The second kappa shape index (κ2) is 4.79. The van der Waals surface area contributed by atoms with E-state index in [1.54, 1.807) is 0 Å². The van der Waals surface area contributed by atoms with Gasteiger partial charge in [0.05, 0.1) is 0 Å². The van der Waals surface area contributed by atoms with Crippen LogP contribution in [0.1, 0.15) is 30.4 Å². The number of carbonyl (C=O) groups is 1. The van der Waals surface area contributed by atoms with E-state index in [0.717, 1.165) is 25.9 Å². The van der Waals surface area contributed by atoms with Crippen LogP contribution in [0.3, 0.4) is 0 Å². The molecule has 2 N–H and O–H groups in total. The van der Waals surface area contributed by atoms with Gasteiger partial charge in [0.1, 0.15) is 0 Å². The van der Waals surface area contributed by atoms with Gasteiger partial charge in [-0.05, 0) is 43.6 Å². The topological polar surface area (TPSA) is 86.8 Å². The smallest absolute Gasteiger partial charge is 0.292 e. The number of aromatic amines is 1. The molecular weight excluding hydrogens is 220 g/mol. The van der Waals surface area contributed by atoms with E-state index >= 15 is 0 Å². The van der Waals surface area contributed by atoms with E-state index in [9.17, 15) is 4.79 Å². The first-order valence-electron chi connectivity index (χ1n) is 5.79. The highest BCUT2D eigenvalue weighted by Gasteiger charge is 2.29. The van der Waals surface area contributed by atoms with Gasteiger partial charge in [-0.2, -0.15) is 5.21 Å². The van der Waals surface area contributed by atoms with Crippen molar-refractivity contribution in [2.45, 2.75) is 19.8 Å². The number of rotatable bonds is 3. The first-order valence-corrected chi connectivity index (χ1v) is 5.79. The zero-order valence-electron chi connectivity index (χ0n) is 10.2. The molecule has 2 rings (SSSR count). The standard InChI is InChI=1S/C10H18N6O/c1-10(3-5-16(2)6-4-10)7-11-9(17)8-12-14-15-13-8/h3-7H2,1-2H3,(H,11,17)(H,12,13,14,15). The zero-order valence-corrected chi connectivity index (χ0v) is 10.2. The van der Waals surface area contributed by atoms with Gasteiger partial charge in [0, 0.05) is 6.54 Å². The van der Waals surface area contributed by atoms with Gasteiger partial charge in [0.2, 0.25) is 0 Å². The lowest BCUT2D eigenvalue weighted by Gasteiger charge is -2.37. The monoisotopic (exact) mass is 238 g/mol. The van der Waals surface area contributed by atoms with Crippen molar-refractivity contribution < 1.29 is 4.79 Å². The summed E-state index contributed by atoms with van der Waals surface area (Å²) in [6.45, 7) is 5.02. The van der Waals surface area contributed by atoms with Crippen LogP contribution in [0.15, 0.2) is 0 Å². The molecule has 1 aromatic rings. The molecule has 0 atom stereocenters. The van der Waals surface area contributed by atoms with Crippen LogP contribution in [0.4, 0.5) is 0 Å². The molecule has 94 valence electrons. The lowest BCUT2D eigenvalue weighted by Crippen LogP contribution is -2.43. The van der Waals surface area contributed by atoms with Crippen LogP contribution in [-0.2, 0) is 0 Å². The third kappa shape index (κ3) is 3.00. The lowest BCUT2D eigenvalue weighted by molar-refractivity contribution is 0.0881. The van der Waals surface area contributed by atoms with Crippen LogP contribution < -0.4 is 5.32 Å². The summed E-state index contributed by atoms with van der Waals surface area (Å²) >= 11 is 0. The van der Waals surface area contributed by atoms with Crippen molar-refractivity contribution in [3.63, 3.8) is 0 Å². The maximum absolute atomic E-state index is 11.6. The molecule has 7 heteroatoms. The number of nitrogens with one attached hydrogen (secondary N) is 2. The summed E-state index contributed by atoms with van der Waals surface area (Å²) < 4.78 is 0. The number of carbonyl (C=O) groups excluding carboxylic acids is 1. The molecule has 0 saturated carbocycles. The first kappa shape index (κ1) is 12.0. The fraction of sp³-hybridized carbons (Fsp3) is 0.800. The molecule has 7 nitrogen and oxygen atoms in total. The number of piperidine rings is 1. The lowest BCUT2D eigenvalue weighted by atomic mass is 9.80. The highest BCUT2D eigenvalue weighted by Crippen LogP contribution is 2.29. The Kier molecular flexibility index (Phi) is 3.37. The third-order valence-electron chi connectivity index (χ3n) is 3.42. The number of amides is 1. The van der Waals surface area contributed by atoms with E-state index in [4.69, 9.17) is 0 Å². The van der Waals surface area contributed by atoms with Gasteiger partial charge in [0.25, 0.3) is 11.7 Å². The van der Waals surface area contributed by atoms with Crippen molar-refractivity contribution in [3.05, 3.63) is 5.82 Å². The molecule has 0 aliphatic carbocycles. The summed E-state index contributed by atoms with van der Waals surface area (Å²) in [5.74, 6) is -0.166. The van der Waals surface area contributed by atoms with Gasteiger partial charge in [-0.1, -0.05) is 6.92 Å². The van der Waals surface area contributed by atoms with Gasteiger partial charge in [-0.3, -0.25) is 4.79 Å². The molecule has 0 radical (unpaired) electrons. The van der Waals surface area contributed by atoms with Crippen molar-refractivity contribution in [3.8, 4) is 0 Å². The predicted molar refractivity (Wildman–Crippen MR) is 61.3 cm³/mol. The predicted octanol–water partition coefficient (Wildman–Crippen LogP) is -0.339. The molecule has 0 spiro atoms. The molecule has 0 bridgehead atoms. The highest BCUT2D eigenvalue weighted by molar-refractivity contribution is 5.90. The molecular formula is C10H18N6O. The van der Waals surface area contributed by atoms with E-state index in [2.05, 4.69) is 44.8 Å². The van der Waals surface area contributed by atoms with Crippen LogP contribution >= 0.6 is 0 Å². The summed E-state index contributed by atoms with van der Waals surface area (Å²) in [7, 11) is 2.12. The molecule has 1 saturated heterocycles. The van der Waals surface area contributed by atoms with Gasteiger partial charge < -0.3 is 10.2 Å². The summed E-state index contributed by atoms with van der Waals surface area (Å²) in [5.41, 5.74) is 0.173. The average molecular weight is 238 g/mol. The van der Waals surface area contributed by atoms with Crippen molar-refractivity contribution in [1.29, 1.82) is 0 Å². The van der Waals surface area contributed by atoms with E-state index in [1.165, 1.54) is 0 Å². The Morgan fingerprint density at radius 1 is 1.53 bits per heavy atom. The average Bonchev–Trinajstić information content (AvgIpc) is 2.84. The van der Waals surface area contributed by atoms with Gasteiger partial charge >= 0.3 is 0 Å². The minimum atomic E-state index is -0.265. The Labute approximate surface area is 100.0 Å². The Morgan fingerprint density at radius 3 is 2.82 bits per heavy atom. The van der Waals surface area contributed by atoms with E-state index < -0.39 is 0 Å². The van der Waals surface area contributed by atoms with E-state index in [1.807, 2.05) is 0 Å². The Morgan fingerprint density at radius 2 is 2.24 bits per heavy atom. The molecule has 1 aromatic heterocycles. The molecule has 1 amide bonds. The molecule has 0 unspecified atom stereocenters. The second-order valence-electron chi connectivity index (χ2n) is 5.03. The fourth-order valence-corrected chi connectivity index (χ4v) is 1.97. The molecule has 17 heavy (non-hydrogen) atoms. The number of hydrogen-bond donors (Lipinski definition) is 2. The Bertz CT molecular complexity index is 368. The molecule has 0 aromatic carbocycles. The summed E-state index contributed by atoms with van der Waals surface area (Å²) in [6, 6.07) is 0. The number of likely N-dealkylation sites (tertiary alicyclic amines) is 1. The minimum Gasteiger partial charge on any atom is -0.349 e. The summed E-state index contributed by atoms with van der Waals surface area (Å²) in [6.07, 6.45) is 2.19. The van der Waals surface area contributed by atoms with Crippen molar-refractivity contribution in [2.24, 2.45) is 5.41 Å². The van der Waals surface area contributed by atoms with Crippen LogP contribution in [0.25, 0.3) is 0 Å². The number of nitrogens with zero attached hydrogens (tertiary/aromatic N) is 4. The molecule has 1 aliphatic heterocycles. The first-order chi connectivity index (χ1) is 8.09. The Balaban J connectivity index is 1.83. The maximum Gasteiger partial charge on any atom is 0.292 e. The normalized spacial score (nSPS) is 20.1.